The third-order valence-electron chi connectivity index (χ3n) is 6.28. The molecule has 1 aliphatic rings. The Labute approximate surface area is 243 Å². The minimum absolute atomic E-state index is 0.0494. The number of nitrogens with two attached hydrogens (primary N) is 1. The van der Waals surface area contributed by atoms with Gasteiger partial charge in [-0.1, -0.05) is 23.2 Å². The summed E-state index contributed by atoms with van der Waals surface area (Å²) < 4.78 is 28.2. The van der Waals surface area contributed by atoms with Gasteiger partial charge in [0, 0.05) is 82.4 Å². The van der Waals surface area contributed by atoms with Crippen molar-refractivity contribution >= 4 is 50.1 Å². The molecule has 3 heterocycles. The molecule has 1 atom stereocenters. The Bertz CT molecular complexity index is 1630. The Balaban J connectivity index is 1.63. The highest BCUT2D eigenvalue weighted by Gasteiger charge is 2.41. The van der Waals surface area contributed by atoms with E-state index in [2.05, 4.69) is 20.4 Å². The summed E-state index contributed by atoms with van der Waals surface area (Å²) in [6, 6.07) is 6.94. The molecule has 40 heavy (non-hydrogen) atoms. The number of aromatic nitrogens is 2. The van der Waals surface area contributed by atoms with Crippen LogP contribution in [0.4, 0.5) is 11.5 Å². The first-order chi connectivity index (χ1) is 18.7. The second-order valence-electron chi connectivity index (χ2n) is 10.1. The maximum absolute atomic E-state index is 12.2. The fourth-order valence-corrected chi connectivity index (χ4v) is 6.55. The third-order valence-corrected chi connectivity index (χ3v) is 7.77. The van der Waals surface area contributed by atoms with Crippen LogP contribution in [0.3, 0.4) is 0 Å². The van der Waals surface area contributed by atoms with E-state index in [4.69, 9.17) is 43.8 Å². The predicted molar refractivity (Wildman–Crippen MR) is 159 cm³/mol. The van der Waals surface area contributed by atoms with Crippen molar-refractivity contribution in [3.63, 3.8) is 0 Å². The Morgan fingerprint density at radius 3 is 2.45 bits per heavy atom. The summed E-state index contributed by atoms with van der Waals surface area (Å²) in [7, 11) is -0.780. The molecule has 210 valence electrons. The maximum Gasteiger partial charge on any atom is 0.162 e. The molecule has 0 amide bonds. The number of hydrogen-bond acceptors (Lipinski definition) is 10. The van der Waals surface area contributed by atoms with Gasteiger partial charge in [-0.3, -0.25) is 14.6 Å². The molecule has 0 radical (unpaired) electrons. The van der Waals surface area contributed by atoms with E-state index in [0.29, 0.717) is 62.7 Å². The van der Waals surface area contributed by atoms with Crippen molar-refractivity contribution < 1.29 is 13.7 Å². The van der Waals surface area contributed by atoms with E-state index >= 15 is 0 Å². The summed E-state index contributed by atoms with van der Waals surface area (Å²) in [6.07, 6.45) is 7.12. The lowest BCUT2D eigenvalue weighted by Crippen LogP contribution is -2.59. The van der Waals surface area contributed by atoms with Crippen LogP contribution in [-0.4, -0.2) is 58.1 Å². The SMILES string of the molecule is COc1cc(N)c(C(=N)c2cnc(N3CC(C)(N=S(C)(C)=O)C3)c(C#N)c2)cc1O[C@H](C)c1c(Cl)cncc1Cl. The Hall–Kier alpha value is -3.59. The molecule has 1 aliphatic heterocycles. The molecule has 2 aromatic heterocycles. The molecule has 10 nitrogen and oxygen atoms in total. The van der Waals surface area contributed by atoms with Crippen LogP contribution in [0, 0.1) is 16.7 Å². The normalized spacial score (nSPS) is 15.0. The summed E-state index contributed by atoms with van der Waals surface area (Å²) in [4.78, 5) is 10.4. The summed E-state index contributed by atoms with van der Waals surface area (Å²) in [5, 5.41) is 19.4. The van der Waals surface area contributed by atoms with E-state index in [1.165, 1.54) is 25.7 Å². The monoisotopic (exact) mass is 601 g/mol. The molecule has 13 heteroatoms. The number of nitrogens with zero attached hydrogens (tertiary/aromatic N) is 5. The Morgan fingerprint density at radius 1 is 1.23 bits per heavy atom. The fourth-order valence-electron chi connectivity index (χ4n) is 4.70. The van der Waals surface area contributed by atoms with E-state index < -0.39 is 21.4 Å². The van der Waals surface area contributed by atoms with Gasteiger partial charge in [0.25, 0.3) is 0 Å². The largest absolute Gasteiger partial charge is 0.493 e. The number of pyridine rings is 2. The minimum Gasteiger partial charge on any atom is -0.493 e. The summed E-state index contributed by atoms with van der Waals surface area (Å²) in [5.74, 6) is 1.17. The molecule has 0 saturated carbocycles. The summed E-state index contributed by atoms with van der Waals surface area (Å²) in [5.41, 5.74) is 7.78. The van der Waals surface area contributed by atoms with Gasteiger partial charge in [0.15, 0.2) is 11.5 Å². The molecule has 3 aromatic rings. The van der Waals surface area contributed by atoms with E-state index in [0.717, 1.165) is 0 Å². The number of nitrogens with one attached hydrogen (secondary N) is 1. The number of ether oxygens (including phenoxy) is 2. The molecule has 3 N–H and O–H groups in total. The van der Waals surface area contributed by atoms with Gasteiger partial charge in [-0.2, -0.15) is 5.26 Å². The number of nitrogen functional groups attached to an aromatic ring is 1. The van der Waals surface area contributed by atoms with Crippen LogP contribution in [-0.2, 0) is 9.73 Å². The van der Waals surface area contributed by atoms with Crippen LogP contribution in [0.5, 0.6) is 11.5 Å². The lowest BCUT2D eigenvalue weighted by molar-refractivity contribution is 0.216. The van der Waals surface area contributed by atoms with Gasteiger partial charge in [-0.15, -0.1) is 0 Å². The molecular weight excluding hydrogens is 573 g/mol. The van der Waals surface area contributed by atoms with Crippen molar-refractivity contribution in [1.29, 1.82) is 10.7 Å². The van der Waals surface area contributed by atoms with E-state index in [9.17, 15) is 9.47 Å². The Morgan fingerprint density at radius 2 is 1.88 bits per heavy atom. The van der Waals surface area contributed by atoms with Gasteiger partial charge < -0.3 is 20.1 Å². The zero-order valence-electron chi connectivity index (χ0n) is 22.7. The number of rotatable bonds is 8. The van der Waals surface area contributed by atoms with E-state index in [1.54, 1.807) is 37.6 Å². The van der Waals surface area contributed by atoms with Gasteiger partial charge in [0.05, 0.1) is 28.4 Å². The Kier molecular flexibility index (Phi) is 8.17. The second kappa shape index (κ2) is 11.1. The highest BCUT2D eigenvalue weighted by molar-refractivity contribution is 7.92. The highest BCUT2D eigenvalue weighted by Crippen LogP contribution is 2.39. The number of benzene rings is 1. The fraction of sp³-hybridized carbons (Fsp3) is 0.333. The summed E-state index contributed by atoms with van der Waals surface area (Å²) >= 11 is 12.6. The van der Waals surface area contributed by atoms with Gasteiger partial charge in [0.2, 0.25) is 0 Å². The zero-order chi connectivity index (χ0) is 29.4. The van der Waals surface area contributed by atoms with Crippen LogP contribution in [0.15, 0.2) is 41.2 Å². The number of nitriles is 1. The molecule has 4 rings (SSSR count). The van der Waals surface area contributed by atoms with Crippen LogP contribution in [0.2, 0.25) is 10.0 Å². The van der Waals surface area contributed by atoms with Gasteiger partial charge in [0.1, 0.15) is 23.5 Å². The molecule has 0 unspecified atom stereocenters. The molecule has 0 bridgehead atoms. The molecule has 1 fully saturated rings. The minimum atomic E-state index is -2.27. The van der Waals surface area contributed by atoms with Crippen molar-refractivity contribution in [2.24, 2.45) is 4.36 Å². The van der Waals surface area contributed by atoms with Crippen molar-refractivity contribution in [1.82, 2.24) is 9.97 Å². The molecule has 1 aromatic carbocycles. The van der Waals surface area contributed by atoms with Crippen LogP contribution < -0.4 is 20.1 Å². The van der Waals surface area contributed by atoms with Crippen molar-refractivity contribution in [2.75, 3.05) is 43.3 Å². The van der Waals surface area contributed by atoms with Crippen molar-refractivity contribution in [3.05, 3.63) is 69.1 Å². The quantitative estimate of drug-likeness (QED) is 0.267. The standard InChI is InChI=1S/C27H29Cl2N7O3S/c1-15(24-19(28)11-33-12-20(24)29)39-23-7-18(21(31)8-22(23)38-3)25(32)17-6-16(9-30)26(34-10-17)36-13-27(2,14-36)35-40(4,5)37/h6-8,10-12,15,32H,13-14,31H2,1-5H3/t15-/m1/s1. The topological polar surface area (TPSA) is 151 Å². The zero-order valence-corrected chi connectivity index (χ0v) is 25.0. The first-order valence-electron chi connectivity index (χ1n) is 12.1. The van der Waals surface area contributed by atoms with Crippen molar-refractivity contribution in [2.45, 2.75) is 25.5 Å². The first-order valence-corrected chi connectivity index (χ1v) is 15.2. The maximum atomic E-state index is 12.2. The van der Waals surface area contributed by atoms with E-state index in [-0.39, 0.29) is 11.4 Å². The molecule has 0 spiro atoms. The first kappa shape index (κ1) is 29.4. The molecule has 0 aliphatic carbocycles. The average Bonchev–Trinajstić information content (AvgIpc) is 2.86. The van der Waals surface area contributed by atoms with Gasteiger partial charge in [-0.05, 0) is 26.0 Å². The second-order valence-corrected chi connectivity index (χ2v) is 13.4. The number of anilines is 2. The lowest BCUT2D eigenvalue weighted by Gasteiger charge is -2.46. The number of methoxy groups -OCH3 is 1. The highest BCUT2D eigenvalue weighted by atomic mass is 35.5. The van der Waals surface area contributed by atoms with Gasteiger partial charge >= 0.3 is 0 Å². The molecule has 1 saturated heterocycles. The van der Waals surface area contributed by atoms with Gasteiger partial charge in [-0.25, -0.2) is 9.35 Å². The average molecular weight is 603 g/mol. The third kappa shape index (κ3) is 6.09. The number of hydrogen-bond donors (Lipinski definition) is 2. The smallest absolute Gasteiger partial charge is 0.162 e. The number of halogens is 2. The van der Waals surface area contributed by atoms with Crippen LogP contribution in [0.1, 0.15) is 42.2 Å². The van der Waals surface area contributed by atoms with Crippen LogP contribution >= 0.6 is 23.2 Å². The lowest BCUT2D eigenvalue weighted by atomic mass is 9.93. The summed E-state index contributed by atoms with van der Waals surface area (Å²) in [6.45, 7) is 4.68. The van der Waals surface area contributed by atoms with Crippen LogP contribution in [0.25, 0.3) is 0 Å². The van der Waals surface area contributed by atoms with E-state index in [1.807, 2.05) is 11.8 Å². The van der Waals surface area contributed by atoms with Crippen molar-refractivity contribution in [3.8, 4) is 17.6 Å². The predicted octanol–water partition coefficient (Wildman–Crippen LogP) is 5.11. The molecular formula is C27H29Cl2N7O3S.